The molecule has 1 aliphatic heterocycles. The molecular weight excluding hydrogens is 306 g/mol. The van der Waals surface area contributed by atoms with Crippen molar-refractivity contribution < 1.29 is 12.6 Å². The van der Waals surface area contributed by atoms with Crippen LogP contribution >= 0.6 is 0 Å². The Labute approximate surface area is 129 Å². The van der Waals surface area contributed by atoms with Gasteiger partial charge in [-0.3, -0.25) is 4.21 Å². The van der Waals surface area contributed by atoms with E-state index in [1.807, 2.05) is 44.2 Å². The second-order valence-corrected chi connectivity index (χ2v) is 10.2. The lowest BCUT2D eigenvalue weighted by atomic mass is 10.1. The quantitative estimate of drug-likeness (QED) is 0.849. The smallest absolute Gasteiger partial charge is 0.218 e. The summed E-state index contributed by atoms with van der Waals surface area (Å²) in [7, 11) is -4.23. The number of benzene rings is 1. The monoisotopic (exact) mass is 327 g/mol. The predicted octanol–water partition coefficient (Wildman–Crippen LogP) is 1.72. The van der Waals surface area contributed by atoms with Gasteiger partial charge in [-0.05, 0) is 25.8 Å². The first-order valence-corrected chi connectivity index (χ1v) is 10.2. The molecule has 0 aromatic heterocycles. The van der Waals surface area contributed by atoms with Crippen molar-refractivity contribution in [3.8, 4) is 0 Å². The molecule has 1 heterocycles. The van der Waals surface area contributed by atoms with Crippen molar-refractivity contribution >= 4 is 20.8 Å². The summed E-state index contributed by atoms with van der Waals surface area (Å²) in [6.45, 7) is 4.13. The van der Waals surface area contributed by atoms with E-state index < -0.39 is 26.4 Å². The molecule has 116 valence electrons. The molecule has 0 N–H and O–H groups in total. The van der Waals surface area contributed by atoms with E-state index in [1.165, 1.54) is 0 Å². The molecule has 6 heteroatoms. The molecule has 4 nitrogen and oxygen atoms in total. The van der Waals surface area contributed by atoms with E-state index in [-0.39, 0.29) is 11.2 Å². The SMILES string of the molecule is CC1(C)CS(=O)CCN1S(=O)(=O)C1CC1c1ccccc1. The summed E-state index contributed by atoms with van der Waals surface area (Å²) >= 11 is 0. The van der Waals surface area contributed by atoms with Crippen molar-refractivity contribution in [2.75, 3.05) is 18.1 Å². The molecule has 1 saturated heterocycles. The summed E-state index contributed by atoms with van der Waals surface area (Å²) in [5.41, 5.74) is 0.552. The molecule has 1 aromatic rings. The molecule has 0 spiro atoms. The Morgan fingerprint density at radius 3 is 2.52 bits per heavy atom. The van der Waals surface area contributed by atoms with E-state index in [2.05, 4.69) is 0 Å². The van der Waals surface area contributed by atoms with Crippen molar-refractivity contribution in [1.29, 1.82) is 0 Å². The lowest BCUT2D eigenvalue weighted by Crippen LogP contribution is -2.57. The molecule has 1 saturated carbocycles. The summed E-state index contributed by atoms with van der Waals surface area (Å²) in [6.07, 6.45) is 0.696. The van der Waals surface area contributed by atoms with E-state index in [4.69, 9.17) is 0 Å². The van der Waals surface area contributed by atoms with Gasteiger partial charge < -0.3 is 0 Å². The summed E-state index contributed by atoms with van der Waals surface area (Å²) in [5, 5.41) is -0.314. The van der Waals surface area contributed by atoms with Crippen LogP contribution in [0.2, 0.25) is 0 Å². The van der Waals surface area contributed by atoms with Gasteiger partial charge in [-0.15, -0.1) is 0 Å². The van der Waals surface area contributed by atoms with Crippen molar-refractivity contribution in [2.24, 2.45) is 0 Å². The van der Waals surface area contributed by atoms with Gasteiger partial charge in [-0.25, -0.2) is 8.42 Å². The van der Waals surface area contributed by atoms with Crippen molar-refractivity contribution in [3.05, 3.63) is 35.9 Å². The molecule has 1 aliphatic carbocycles. The molecular formula is C15H21NO3S2. The van der Waals surface area contributed by atoms with Gasteiger partial charge in [0.25, 0.3) is 0 Å². The highest BCUT2D eigenvalue weighted by atomic mass is 32.2. The Balaban J connectivity index is 1.81. The second-order valence-electron chi connectivity index (χ2n) is 6.51. The van der Waals surface area contributed by atoms with Crippen LogP contribution in [0.25, 0.3) is 0 Å². The summed E-state index contributed by atoms with van der Waals surface area (Å²) in [5.74, 6) is 0.986. The fourth-order valence-electron chi connectivity index (χ4n) is 3.21. The van der Waals surface area contributed by atoms with Crippen LogP contribution in [0.15, 0.2) is 30.3 Å². The fourth-order valence-corrected chi connectivity index (χ4v) is 7.33. The highest BCUT2D eigenvalue weighted by molar-refractivity contribution is 7.90. The van der Waals surface area contributed by atoms with Gasteiger partial charge in [0.2, 0.25) is 10.0 Å². The number of hydrogen-bond acceptors (Lipinski definition) is 3. The van der Waals surface area contributed by atoms with E-state index in [1.54, 1.807) is 4.31 Å². The fraction of sp³-hybridized carbons (Fsp3) is 0.600. The first kappa shape index (κ1) is 15.2. The van der Waals surface area contributed by atoms with Gasteiger partial charge in [0.1, 0.15) is 0 Å². The molecule has 2 fully saturated rings. The van der Waals surface area contributed by atoms with Crippen LogP contribution < -0.4 is 0 Å². The molecule has 0 amide bonds. The Hall–Kier alpha value is -0.720. The van der Waals surface area contributed by atoms with Gasteiger partial charge in [0.05, 0.1) is 5.25 Å². The average Bonchev–Trinajstić information content (AvgIpc) is 3.18. The third-order valence-electron chi connectivity index (χ3n) is 4.36. The van der Waals surface area contributed by atoms with E-state index in [0.29, 0.717) is 24.5 Å². The van der Waals surface area contributed by atoms with E-state index in [9.17, 15) is 12.6 Å². The van der Waals surface area contributed by atoms with Crippen LogP contribution in [0.1, 0.15) is 31.7 Å². The maximum atomic E-state index is 12.9. The zero-order valence-electron chi connectivity index (χ0n) is 12.4. The summed E-state index contributed by atoms with van der Waals surface area (Å²) < 4.78 is 39.1. The topological polar surface area (TPSA) is 54.5 Å². The molecule has 2 aliphatic rings. The predicted molar refractivity (Wildman–Crippen MR) is 85.2 cm³/mol. The van der Waals surface area contributed by atoms with Crippen molar-refractivity contribution in [2.45, 2.75) is 37.0 Å². The van der Waals surface area contributed by atoms with Crippen molar-refractivity contribution in [1.82, 2.24) is 4.31 Å². The minimum absolute atomic E-state index is 0.111. The highest BCUT2D eigenvalue weighted by Crippen LogP contribution is 2.48. The maximum Gasteiger partial charge on any atom is 0.218 e. The largest absolute Gasteiger partial charge is 0.259 e. The zero-order valence-corrected chi connectivity index (χ0v) is 14.0. The number of sulfonamides is 1. The van der Waals surface area contributed by atoms with Gasteiger partial charge in [-0.2, -0.15) is 4.31 Å². The zero-order chi connectivity index (χ0) is 15.3. The Morgan fingerprint density at radius 1 is 1.24 bits per heavy atom. The van der Waals surface area contributed by atoms with Crippen molar-refractivity contribution in [3.63, 3.8) is 0 Å². The maximum absolute atomic E-state index is 12.9. The highest BCUT2D eigenvalue weighted by Gasteiger charge is 2.54. The number of rotatable bonds is 3. The Morgan fingerprint density at radius 2 is 1.90 bits per heavy atom. The first-order chi connectivity index (χ1) is 9.82. The molecule has 0 bridgehead atoms. The second kappa shape index (κ2) is 5.18. The minimum atomic E-state index is -3.32. The molecule has 3 rings (SSSR count). The summed E-state index contributed by atoms with van der Waals surface area (Å²) in [6, 6.07) is 9.84. The van der Waals surface area contributed by atoms with Crippen LogP contribution in [-0.4, -0.2) is 45.8 Å². The molecule has 3 unspecified atom stereocenters. The lowest BCUT2D eigenvalue weighted by Gasteiger charge is -2.40. The minimum Gasteiger partial charge on any atom is -0.259 e. The van der Waals surface area contributed by atoms with Gasteiger partial charge in [-0.1, -0.05) is 30.3 Å². The average molecular weight is 327 g/mol. The molecule has 0 radical (unpaired) electrons. The first-order valence-electron chi connectivity index (χ1n) is 7.24. The van der Waals surface area contributed by atoms with Crippen LogP contribution in [0.4, 0.5) is 0 Å². The number of nitrogens with zero attached hydrogens (tertiary/aromatic N) is 1. The Kier molecular flexibility index (Phi) is 3.74. The Bertz CT molecular complexity index is 655. The molecule has 21 heavy (non-hydrogen) atoms. The standard InChI is InChI=1S/C15H21NO3S2/c1-15(2)11-20(17)9-8-16(15)21(18,19)14-10-13(14)12-6-4-3-5-7-12/h3-7,13-14H,8-11H2,1-2H3. The van der Waals surface area contributed by atoms with E-state index >= 15 is 0 Å². The number of hydrogen-bond donors (Lipinski definition) is 0. The van der Waals surface area contributed by atoms with Crippen LogP contribution in [0, 0.1) is 0 Å². The van der Waals surface area contributed by atoms with E-state index in [0.717, 1.165) is 5.56 Å². The third-order valence-corrected chi connectivity index (χ3v) is 8.60. The van der Waals surface area contributed by atoms with Gasteiger partial charge in [0, 0.05) is 40.3 Å². The molecule has 1 aromatic carbocycles. The normalized spacial score (nSPS) is 32.8. The van der Waals surface area contributed by atoms with Crippen LogP contribution in [0.3, 0.4) is 0 Å². The lowest BCUT2D eigenvalue weighted by molar-refractivity contribution is 0.255. The van der Waals surface area contributed by atoms with Gasteiger partial charge >= 0.3 is 0 Å². The van der Waals surface area contributed by atoms with Gasteiger partial charge in [0.15, 0.2) is 0 Å². The third kappa shape index (κ3) is 2.81. The van der Waals surface area contributed by atoms with Crippen LogP contribution in [-0.2, 0) is 20.8 Å². The van der Waals surface area contributed by atoms with Crippen LogP contribution in [0.5, 0.6) is 0 Å². The summed E-state index contributed by atoms with van der Waals surface area (Å²) in [4.78, 5) is 0. The molecule has 3 atom stereocenters.